The Hall–Kier alpha value is -3.52. The first-order valence-corrected chi connectivity index (χ1v) is 12.3. The van der Waals surface area contributed by atoms with Crippen LogP contribution in [-0.4, -0.2) is 45.7 Å². The van der Waals surface area contributed by atoms with Crippen molar-refractivity contribution in [1.29, 1.82) is 0 Å². The SMILES string of the molecule is Cc1ccc(C2c3ccsc3CCN2C(=O)CN(C(=O)c2ccc([N+](=O)[O-])cc2)C2CC2)cc1. The number of thiophene rings is 1. The number of hydrogen-bond donors (Lipinski definition) is 0. The summed E-state index contributed by atoms with van der Waals surface area (Å²) in [6.07, 6.45) is 2.53. The number of nitro groups is 1. The maximum atomic E-state index is 13.6. The Bertz CT molecular complexity index is 1230. The number of hydrogen-bond acceptors (Lipinski definition) is 5. The third-order valence-corrected chi connectivity index (χ3v) is 7.56. The third kappa shape index (κ3) is 4.33. The highest BCUT2D eigenvalue weighted by Crippen LogP contribution is 2.38. The number of nitro benzene ring substituents is 1. The fourth-order valence-corrected chi connectivity index (χ4v) is 5.48. The Balaban J connectivity index is 1.40. The summed E-state index contributed by atoms with van der Waals surface area (Å²) in [6, 6.07) is 15.8. The lowest BCUT2D eigenvalue weighted by atomic mass is 9.92. The monoisotopic (exact) mass is 475 g/mol. The number of benzene rings is 2. The number of fused-ring (bicyclic) bond motifs is 1. The zero-order valence-corrected chi connectivity index (χ0v) is 19.7. The molecule has 1 atom stereocenters. The molecule has 174 valence electrons. The molecule has 2 amide bonds. The summed E-state index contributed by atoms with van der Waals surface area (Å²) in [7, 11) is 0. The van der Waals surface area contributed by atoms with Crippen LogP contribution in [0.4, 0.5) is 5.69 Å². The number of carbonyl (C=O) groups excluding carboxylic acids is 2. The molecular formula is C26H25N3O4S. The summed E-state index contributed by atoms with van der Waals surface area (Å²) in [5, 5.41) is 13.0. The van der Waals surface area contributed by atoms with Crippen LogP contribution < -0.4 is 0 Å². The molecule has 3 aromatic rings. The fraction of sp³-hybridized carbons (Fsp3) is 0.308. The first-order chi connectivity index (χ1) is 16.4. The lowest BCUT2D eigenvalue weighted by molar-refractivity contribution is -0.384. The number of carbonyl (C=O) groups is 2. The van der Waals surface area contributed by atoms with Gasteiger partial charge in [0.25, 0.3) is 11.6 Å². The van der Waals surface area contributed by atoms with E-state index >= 15 is 0 Å². The average Bonchev–Trinajstić information content (AvgIpc) is 3.57. The smallest absolute Gasteiger partial charge is 0.269 e. The van der Waals surface area contributed by atoms with Gasteiger partial charge < -0.3 is 9.80 Å². The standard InChI is InChI=1S/C26H25N3O4S/c1-17-2-4-18(5-3-17)25-22-13-15-34-23(22)12-14-27(25)24(30)16-28(20-10-11-20)26(31)19-6-8-21(9-7-19)29(32)33/h2-9,13,15,20,25H,10-12,14,16H2,1H3. The Morgan fingerprint density at radius 3 is 2.44 bits per heavy atom. The molecule has 0 N–H and O–H groups in total. The highest BCUT2D eigenvalue weighted by Gasteiger charge is 2.38. The first-order valence-electron chi connectivity index (χ1n) is 11.4. The minimum Gasteiger partial charge on any atom is -0.330 e. The van der Waals surface area contributed by atoms with Gasteiger partial charge in [-0.15, -0.1) is 11.3 Å². The third-order valence-electron chi connectivity index (χ3n) is 6.56. The maximum absolute atomic E-state index is 13.6. The van der Waals surface area contributed by atoms with Crippen molar-refractivity contribution in [2.45, 2.75) is 38.3 Å². The molecule has 34 heavy (non-hydrogen) atoms. The van der Waals surface area contributed by atoms with E-state index in [-0.39, 0.29) is 36.1 Å². The molecule has 5 rings (SSSR count). The van der Waals surface area contributed by atoms with Crippen LogP contribution in [0, 0.1) is 17.0 Å². The van der Waals surface area contributed by atoms with E-state index in [0.717, 1.165) is 36.0 Å². The molecular weight excluding hydrogens is 450 g/mol. The van der Waals surface area contributed by atoms with Crippen LogP contribution in [0.3, 0.4) is 0 Å². The minimum atomic E-state index is -0.489. The Kier molecular flexibility index (Phi) is 5.91. The van der Waals surface area contributed by atoms with Gasteiger partial charge in [-0.2, -0.15) is 0 Å². The molecule has 2 aromatic carbocycles. The van der Waals surface area contributed by atoms with Crippen LogP contribution in [0.5, 0.6) is 0 Å². The Morgan fingerprint density at radius 2 is 1.79 bits per heavy atom. The number of rotatable bonds is 6. The van der Waals surface area contributed by atoms with Gasteiger partial charge >= 0.3 is 0 Å². The van der Waals surface area contributed by atoms with Crippen LogP contribution >= 0.6 is 11.3 Å². The fourth-order valence-electron chi connectivity index (χ4n) is 4.57. The molecule has 2 heterocycles. The van der Waals surface area contributed by atoms with E-state index in [1.807, 2.05) is 11.8 Å². The molecule has 0 saturated heterocycles. The van der Waals surface area contributed by atoms with Gasteiger partial charge in [0.15, 0.2) is 0 Å². The van der Waals surface area contributed by atoms with E-state index in [1.165, 1.54) is 29.1 Å². The Labute approximate surface area is 201 Å². The van der Waals surface area contributed by atoms with Gasteiger partial charge in [0.2, 0.25) is 5.91 Å². The van der Waals surface area contributed by atoms with Gasteiger partial charge in [0, 0.05) is 35.2 Å². The average molecular weight is 476 g/mol. The second-order valence-electron chi connectivity index (χ2n) is 8.92. The van der Waals surface area contributed by atoms with Crippen molar-refractivity contribution >= 4 is 28.8 Å². The predicted octanol–water partition coefficient (Wildman–Crippen LogP) is 4.74. The van der Waals surface area contributed by atoms with Crippen LogP contribution in [0.15, 0.2) is 60.0 Å². The van der Waals surface area contributed by atoms with E-state index in [9.17, 15) is 19.7 Å². The second-order valence-corrected chi connectivity index (χ2v) is 9.92. The van der Waals surface area contributed by atoms with E-state index in [4.69, 9.17) is 0 Å². The highest BCUT2D eigenvalue weighted by molar-refractivity contribution is 7.10. The minimum absolute atomic E-state index is 0.00230. The van der Waals surface area contributed by atoms with Gasteiger partial charge in [0.05, 0.1) is 11.0 Å². The van der Waals surface area contributed by atoms with Crippen LogP contribution in [0.2, 0.25) is 0 Å². The van der Waals surface area contributed by atoms with Crippen molar-refractivity contribution < 1.29 is 14.5 Å². The molecule has 1 unspecified atom stereocenters. The Morgan fingerprint density at radius 1 is 1.09 bits per heavy atom. The summed E-state index contributed by atoms with van der Waals surface area (Å²) in [4.78, 5) is 42.2. The van der Waals surface area contributed by atoms with Gasteiger partial charge in [-0.25, -0.2) is 0 Å². The van der Waals surface area contributed by atoms with E-state index in [1.54, 1.807) is 16.2 Å². The summed E-state index contributed by atoms with van der Waals surface area (Å²) in [5.74, 6) is -0.338. The number of aryl methyl sites for hydroxylation is 1. The van der Waals surface area contributed by atoms with Gasteiger partial charge in [-0.3, -0.25) is 19.7 Å². The zero-order chi connectivity index (χ0) is 23.8. The predicted molar refractivity (Wildman–Crippen MR) is 130 cm³/mol. The van der Waals surface area contributed by atoms with Gasteiger partial charge in [0.1, 0.15) is 6.54 Å². The number of amides is 2. The molecule has 7 nitrogen and oxygen atoms in total. The molecule has 0 bridgehead atoms. The molecule has 1 saturated carbocycles. The van der Waals surface area contributed by atoms with Crippen molar-refractivity contribution in [3.8, 4) is 0 Å². The lowest BCUT2D eigenvalue weighted by Crippen LogP contribution is -2.47. The topological polar surface area (TPSA) is 83.8 Å². The quantitative estimate of drug-likeness (QED) is 0.381. The number of non-ortho nitro benzene ring substituents is 1. The molecule has 1 fully saturated rings. The van der Waals surface area contributed by atoms with Crippen molar-refractivity contribution in [3.63, 3.8) is 0 Å². The van der Waals surface area contributed by atoms with Gasteiger partial charge in [-0.05, 0) is 60.9 Å². The van der Waals surface area contributed by atoms with E-state index in [0.29, 0.717) is 12.1 Å². The summed E-state index contributed by atoms with van der Waals surface area (Å²) in [5.41, 5.74) is 3.69. The van der Waals surface area contributed by atoms with E-state index < -0.39 is 4.92 Å². The summed E-state index contributed by atoms with van der Waals surface area (Å²) < 4.78 is 0. The largest absolute Gasteiger partial charge is 0.330 e. The molecule has 0 spiro atoms. The number of nitrogens with zero attached hydrogens (tertiary/aromatic N) is 3. The van der Waals surface area contributed by atoms with Gasteiger partial charge in [-0.1, -0.05) is 29.8 Å². The van der Waals surface area contributed by atoms with Crippen molar-refractivity contribution in [1.82, 2.24) is 9.80 Å². The summed E-state index contributed by atoms with van der Waals surface area (Å²) in [6.45, 7) is 2.65. The summed E-state index contributed by atoms with van der Waals surface area (Å²) >= 11 is 1.72. The molecule has 8 heteroatoms. The van der Waals surface area contributed by atoms with Crippen molar-refractivity contribution in [2.24, 2.45) is 0 Å². The van der Waals surface area contributed by atoms with E-state index in [2.05, 4.69) is 35.7 Å². The van der Waals surface area contributed by atoms with Crippen molar-refractivity contribution in [2.75, 3.05) is 13.1 Å². The lowest BCUT2D eigenvalue weighted by Gasteiger charge is -2.37. The molecule has 1 aromatic heterocycles. The molecule has 2 aliphatic rings. The van der Waals surface area contributed by atoms with Crippen LogP contribution in [0.1, 0.15) is 50.8 Å². The molecule has 1 aliphatic carbocycles. The second kappa shape index (κ2) is 9.02. The normalized spacial score (nSPS) is 17.2. The zero-order valence-electron chi connectivity index (χ0n) is 18.8. The molecule has 0 radical (unpaired) electrons. The first kappa shape index (κ1) is 22.3. The maximum Gasteiger partial charge on any atom is 0.269 e. The highest BCUT2D eigenvalue weighted by atomic mass is 32.1. The van der Waals surface area contributed by atoms with Crippen LogP contribution in [0.25, 0.3) is 0 Å². The molecule has 1 aliphatic heterocycles. The van der Waals surface area contributed by atoms with Crippen LogP contribution in [-0.2, 0) is 11.2 Å². The van der Waals surface area contributed by atoms with Crippen molar-refractivity contribution in [3.05, 3.63) is 97.2 Å².